The number of nitrogens with two attached hydrogens (primary N) is 1. The third-order valence-corrected chi connectivity index (χ3v) is 2.29. The second-order valence-corrected chi connectivity index (χ2v) is 3.39. The maximum absolute atomic E-state index is 13.7. The number of nitrogen functional groups attached to an aromatic ring is 1. The molecule has 1 aromatic carbocycles. The first-order chi connectivity index (χ1) is 8.09. The summed E-state index contributed by atoms with van der Waals surface area (Å²) in [6, 6.07) is 5.35. The number of hydrogen-bond acceptors (Lipinski definition) is 4. The lowest BCUT2D eigenvalue weighted by molar-refractivity contribution is -0.384. The molecule has 0 radical (unpaired) electrons. The fourth-order valence-electron chi connectivity index (χ4n) is 1.48. The number of nitro groups is 1. The van der Waals surface area contributed by atoms with Crippen molar-refractivity contribution in [1.82, 2.24) is 4.98 Å². The molecule has 2 rings (SSSR count). The van der Waals surface area contributed by atoms with Crippen molar-refractivity contribution < 1.29 is 9.31 Å². The van der Waals surface area contributed by atoms with Gasteiger partial charge in [-0.2, -0.15) is 0 Å². The normalized spacial score (nSPS) is 10.2. The first kappa shape index (κ1) is 11.0. The highest BCUT2D eigenvalue weighted by Gasteiger charge is 2.16. The lowest BCUT2D eigenvalue weighted by atomic mass is 10.1. The molecule has 86 valence electrons. The molecule has 0 bridgehead atoms. The number of hydrogen-bond donors (Lipinski definition) is 1. The molecule has 17 heavy (non-hydrogen) atoms. The van der Waals surface area contributed by atoms with Gasteiger partial charge in [-0.25, -0.2) is 4.39 Å². The van der Waals surface area contributed by atoms with Crippen molar-refractivity contribution in [2.75, 3.05) is 5.73 Å². The molecule has 2 N–H and O–H groups in total. The van der Waals surface area contributed by atoms with Crippen molar-refractivity contribution in [2.24, 2.45) is 0 Å². The van der Waals surface area contributed by atoms with Crippen molar-refractivity contribution >= 4 is 11.4 Å². The second kappa shape index (κ2) is 4.17. The van der Waals surface area contributed by atoms with Gasteiger partial charge in [-0.1, -0.05) is 6.07 Å². The predicted molar refractivity (Wildman–Crippen MR) is 60.7 cm³/mol. The lowest BCUT2D eigenvalue weighted by Crippen LogP contribution is -1.98. The highest BCUT2D eigenvalue weighted by molar-refractivity contribution is 5.72. The van der Waals surface area contributed by atoms with E-state index in [9.17, 15) is 14.5 Å². The molecule has 0 saturated carbocycles. The summed E-state index contributed by atoms with van der Waals surface area (Å²) < 4.78 is 13.7. The Bertz CT molecular complexity index is 572. The topological polar surface area (TPSA) is 82.0 Å². The molecule has 0 saturated heterocycles. The Morgan fingerprint density at radius 1 is 1.41 bits per heavy atom. The van der Waals surface area contributed by atoms with Crippen molar-refractivity contribution in [1.29, 1.82) is 0 Å². The van der Waals surface area contributed by atoms with E-state index in [1.807, 2.05) is 0 Å². The first-order valence-corrected chi connectivity index (χ1v) is 4.73. The smallest absolute Gasteiger partial charge is 0.295 e. The van der Waals surface area contributed by atoms with Crippen LogP contribution in [0.2, 0.25) is 0 Å². The van der Waals surface area contributed by atoms with Gasteiger partial charge >= 0.3 is 0 Å². The van der Waals surface area contributed by atoms with E-state index in [2.05, 4.69) is 4.98 Å². The van der Waals surface area contributed by atoms with Crippen LogP contribution in [0.3, 0.4) is 0 Å². The third-order valence-electron chi connectivity index (χ3n) is 2.29. The standard InChI is InChI=1S/C11H8FN3O2/c12-9-5-11(15(16)17)10(13)4-8(9)7-2-1-3-14-6-7/h1-6H,13H2. The van der Waals surface area contributed by atoms with E-state index < -0.39 is 16.4 Å². The molecule has 1 heterocycles. The molecule has 5 nitrogen and oxygen atoms in total. The van der Waals surface area contributed by atoms with E-state index in [1.54, 1.807) is 18.3 Å². The molecule has 0 fully saturated rings. The van der Waals surface area contributed by atoms with E-state index >= 15 is 0 Å². The van der Waals surface area contributed by atoms with Crippen molar-refractivity contribution in [3.05, 3.63) is 52.6 Å². The number of aromatic nitrogens is 1. The number of anilines is 1. The van der Waals surface area contributed by atoms with Crippen LogP contribution in [0.5, 0.6) is 0 Å². The third kappa shape index (κ3) is 2.05. The van der Waals surface area contributed by atoms with E-state index in [0.717, 1.165) is 6.07 Å². The van der Waals surface area contributed by atoms with Crippen molar-refractivity contribution in [2.45, 2.75) is 0 Å². The Balaban J connectivity index is 2.58. The maximum Gasteiger partial charge on any atom is 0.295 e. The summed E-state index contributed by atoms with van der Waals surface area (Å²) in [5.41, 5.74) is 5.71. The summed E-state index contributed by atoms with van der Waals surface area (Å²) in [6.45, 7) is 0. The van der Waals surface area contributed by atoms with Crippen molar-refractivity contribution in [3.63, 3.8) is 0 Å². The van der Waals surface area contributed by atoms with Gasteiger partial charge in [-0.3, -0.25) is 15.1 Å². The van der Waals surface area contributed by atoms with Crippen molar-refractivity contribution in [3.8, 4) is 11.1 Å². The summed E-state index contributed by atoms with van der Waals surface area (Å²) in [5, 5.41) is 10.6. The van der Waals surface area contributed by atoms with Crippen LogP contribution in [0.4, 0.5) is 15.8 Å². The zero-order valence-corrected chi connectivity index (χ0v) is 8.63. The molecule has 0 aliphatic carbocycles. The van der Waals surface area contributed by atoms with Gasteiger partial charge in [-0.05, 0) is 12.1 Å². The summed E-state index contributed by atoms with van der Waals surface area (Å²) in [5.74, 6) is -0.695. The monoisotopic (exact) mass is 233 g/mol. The summed E-state index contributed by atoms with van der Waals surface area (Å²) >= 11 is 0. The van der Waals surface area contributed by atoms with E-state index in [0.29, 0.717) is 5.56 Å². The number of pyridine rings is 1. The van der Waals surface area contributed by atoms with Crippen LogP contribution < -0.4 is 5.73 Å². The van der Waals surface area contributed by atoms with Gasteiger partial charge in [0.15, 0.2) is 0 Å². The molecule has 0 spiro atoms. The minimum Gasteiger partial charge on any atom is -0.393 e. The van der Waals surface area contributed by atoms with Gasteiger partial charge < -0.3 is 5.73 Å². The van der Waals surface area contributed by atoms with E-state index in [1.165, 1.54) is 12.3 Å². The van der Waals surface area contributed by atoms with Crippen LogP contribution in [0.1, 0.15) is 0 Å². The molecule has 0 unspecified atom stereocenters. The number of rotatable bonds is 2. The summed E-state index contributed by atoms with van der Waals surface area (Å²) in [4.78, 5) is 13.7. The SMILES string of the molecule is Nc1cc(-c2cccnc2)c(F)cc1[N+](=O)[O-]. The maximum atomic E-state index is 13.7. The highest BCUT2D eigenvalue weighted by Crippen LogP contribution is 2.30. The fourth-order valence-corrected chi connectivity index (χ4v) is 1.48. The Kier molecular flexibility index (Phi) is 2.70. The Labute approximate surface area is 95.9 Å². The second-order valence-electron chi connectivity index (χ2n) is 3.39. The summed E-state index contributed by atoms with van der Waals surface area (Å²) in [7, 11) is 0. The Hall–Kier alpha value is -2.50. The average molecular weight is 233 g/mol. The van der Waals surface area contributed by atoms with Crippen LogP contribution in [-0.4, -0.2) is 9.91 Å². The number of nitrogens with zero attached hydrogens (tertiary/aromatic N) is 2. The Morgan fingerprint density at radius 3 is 2.76 bits per heavy atom. The zero-order valence-electron chi connectivity index (χ0n) is 8.63. The van der Waals surface area contributed by atoms with Gasteiger partial charge in [-0.15, -0.1) is 0 Å². The summed E-state index contributed by atoms with van der Waals surface area (Å²) in [6.07, 6.45) is 3.01. The minimum atomic E-state index is -0.717. The molecule has 6 heteroatoms. The van der Waals surface area contributed by atoms with Crippen LogP contribution in [-0.2, 0) is 0 Å². The molecule has 0 amide bonds. The predicted octanol–water partition coefficient (Wildman–Crippen LogP) is 2.38. The van der Waals surface area contributed by atoms with Crippen LogP contribution in [0.25, 0.3) is 11.1 Å². The molecular weight excluding hydrogens is 225 g/mol. The molecule has 1 aromatic heterocycles. The van der Waals surface area contributed by atoms with Crippen LogP contribution >= 0.6 is 0 Å². The molecular formula is C11H8FN3O2. The van der Waals surface area contributed by atoms with E-state index in [-0.39, 0.29) is 11.3 Å². The first-order valence-electron chi connectivity index (χ1n) is 4.73. The van der Waals surface area contributed by atoms with Gasteiger partial charge in [0.2, 0.25) is 0 Å². The fraction of sp³-hybridized carbons (Fsp3) is 0. The van der Waals surface area contributed by atoms with Gasteiger partial charge in [0, 0.05) is 23.5 Å². The number of halogens is 1. The average Bonchev–Trinajstić information content (AvgIpc) is 2.32. The number of nitro benzene ring substituents is 1. The number of benzene rings is 1. The van der Waals surface area contributed by atoms with Gasteiger partial charge in [0.25, 0.3) is 5.69 Å². The quantitative estimate of drug-likeness (QED) is 0.490. The van der Waals surface area contributed by atoms with Crippen LogP contribution in [0, 0.1) is 15.9 Å². The molecule has 0 aliphatic rings. The largest absolute Gasteiger partial charge is 0.393 e. The Morgan fingerprint density at radius 2 is 2.18 bits per heavy atom. The lowest BCUT2D eigenvalue weighted by Gasteiger charge is -2.04. The minimum absolute atomic E-state index is 0.0738. The molecule has 0 atom stereocenters. The van der Waals surface area contributed by atoms with E-state index in [4.69, 9.17) is 5.73 Å². The van der Waals surface area contributed by atoms with Crippen LogP contribution in [0.15, 0.2) is 36.7 Å². The molecule has 0 aliphatic heterocycles. The van der Waals surface area contributed by atoms with Gasteiger partial charge in [0.1, 0.15) is 11.5 Å². The van der Waals surface area contributed by atoms with Gasteiger partial charge in [0.05, 0.1) is 11.0 Å². The highest BCUT2D eigenvalue weighted by atomic mass is 19.1. The molecule has 2 aromatic rings. The zero-order chi connectivity index (χ0) is 12.4.